The Kier molecular flexibility index (Phi) is 33.8. The number of ether oxygens (including phenoxy) is 1. The third-order valence-electron chi connectivity index (χ3n) is 17.9. The predicted molar refractivity (Wildman–Crippen MR) is 343 cm³/mol. The summed E-state index contributed by atoms with van der Waals surface area (Å²) in [6, 6.07) is -9.66. The first-order chi connectivity index (χ1) is 40.7. The molecule has 1 aliphatic heterocycles. The molecule has 0 aliphatic carbocycles. The van der Waals surface area contributed by atoms with Crippen LogP contribution in [-0.4, -0.2) is 222 Å². The van der Waals surface area contributed by atoms with Crippen molar-refractivity contribution in [1.82, 2.24) is 39.6 Å². The number of aliphatic hydroxyl groups excluding tert-OH is 1. The third kappa shape index (κ3) is 21.6. The first kappa shape index (κ1) is 80.4. The molecule has 0 aromatic heterocycles. The van der Waals surface area contributed by atoms with Crippen LogP contribution in [0.5, 0.6) is 0 Å². The minimum atomic E-state index is -1.61. The van der Waals surface area contributed by atoms with Crippen molar-refractivity contribution in [2.24, 2.45) is 59.2 Å². The molecule has 0 radical (unpaired) electrons. The predicted octanol–water partition coefficient (Wildman–Crippen LogP) is 6.56. The van der Waals surface area contributed by atoms with Crippen molar-refractivity contribution in [2.75, 3.05) is 63.1 Å². The fourth-order valence-corrected chi connectivity index (χ4v) is 12.3. The average molecular weight is 1240 g/mol. The highest BCUT2D eigenvalue weighted by molar-refractivity contribution is 6.00. The van der Waals surface area contributed by atoms with E-state index in [2.05, 4.69) is 5.32 Å². The molecular formula is C67H118N8O13. The van der Waals surface area contributed by atoms with Gasteiger partial charge < -0.3 is 49.5 Å². The lowest BCUT2D eigenvalue weighted by atomic mass is 9.83. The second-order valence-corrected chi connectivity index (χ2v) is 27.4. The first-order valence-electron chi connectivity index (χ1n) is 32.3. The minimum absolute atomic E-state index is 0.0200. The molecular weight excluding hydrogens is 1120 g/mol. The van der Waals surface area contributed by atoms with Gasteiger partial charge in [-0.3, -0.25) is 52.7 Å². The normalized spacial score (nSPS) is 27.8. The summed E-state index contributed by atoms with van der Waals surface area (Å²) in [5.41, 5.74) is 0. The molecule has 1 saturated heterocycles. The van der Waals surface area contributed by atoms with E-state index in [1.165, 1.54) is 85.8 Å². The van der Waals surface area contributed by atoms with Crippen molar-refractivity contribution in [2.45, 2.75) is 230 Å². The van der Waals surface area contributed by atoms with Gasteiger partial charge in [-0.2, -0.15) is 0 Å². The molecule has 0 saturated carbocycles. The zero-order valence-electron chi connectivity index (χ0n) is 58.7. The number of nitrogens with one attached hydrogen (secondary N) is 1. The van der Waals surface area contributed by atoms with Crippen LogP contribution in [0.4, 0.5) is 0 Å². The zero-order valence-corrected chi connectivity index (χ0v) is 58.7. The number of aliphatic hydroxyl groups is 1. The Morgan fingerprint density at radius 1 is 0.489 bits per heavy atom. The molecule has 0 spiro atoms. The van der Waals surface area contributed by atoms with Gasteiger partial charge in [0.2, 0.25) is 47.3 Å². The monoisotopic (exact) mass is 1240 g/mol. The second kappa shape index (κ2) is 36.9. The highest BCUT2D eigenvalue weighted by Gasteiger charge is 2.46. The molecule has 8 amide bonds. The molecule has 88 heavy (non-hydrogen) atoms. The SMILES string of the molecule is C/C=C/C[C@@H](C)[C@@H](O)C1C(=O)N[C@@H](CC)C(=O)N(C)[C@H](CC)C(=O)N(C)[C@@H]([C@H](C)COC)C(=O)C[C@@H](C(C)C)C(=O)N(C)[C@@H](CC(C)C)C(=O)C[C@@H](C)C(=O)C[C@H](C)C(=O)N(C)[C@@H](CC(C)C)C(=O)N(C)[C@@H](CC(C)C)C(=O)N(C)[C@@H](C(C)C)C(=O)N1C. The number of rotatable bonds is 17. The summed E-state index contributed by atoms with van der Waals surface area (Å²) in [4.78, 5) is 172. The van der Waals surface area contributed by atoms with Crippen LogP contribution in [-0.2, 0) is 57.5 Å². The number of Topliss-reactive ketones (excluding diaryl/α,β-unsaturated/α-hetero) is 3. The summed E-state index contributed by atoms with van der Waals surface area (Å²) in [5, 5.41) is 15.0. The number of likely N-dealkylation sites (N-methyl/N-ethyl adjacent to an activating group) is 7. The molecule has 1 rings (SSSR count). The quantitative estimate of drug-likeness (QED) is 0.147. The summed E-state index contributed by atoms with van der Waals surface area (Å²) >= 11 is 0. The van der Waals surface area contributed by atoms with Crippen molar-refractivity contribution in [1.29, 1.82) is 0 Å². The van der Waals surface area contributed by atoms with Crippen LogP contribution >= 0.6 is 0 Å². The molecule has 504 valence electrons. The smallest absolute Gasteiger partial charge is 0.246 e. The van der Waals surface area contributed by atoms with Gasteiger partial charge in [0, 0.05) is 99.4 Å². The number of amides is 8. The molecule has 2 N–H and O–H groups in total. The Hall–Kier alpha value is -5.57. The van der Waals surface area contributed by atoms with Crippen molar-refractivity contribution in [3.63, 3.8) is 0 Å². The van der Waals surface area contributed by atoms with Gasteiger partial charge in [0.15, 0.2) is 11.6 Å². The molecule has 14 atom stereocenters. The van der Waals surface area contributed by atoms with E-state index < -0.39 is 149 Å². The molecule has 1 fully saturated rings. The Bertz CT molecular complexity index is 2390. The summed E-state index contributed by atoms with van der Waals surface area (Å²) < 4.78 is 5.52. The standard InChI is InChI=1S/C67H118N8O13/c1-26-29-30-43(14)59(79)58-60(80)68-48(27-2)63(83)69(18)49(28-3)64(84)74(23)57(46(17)37-88-25)55(78)36-47(41(10)11)62(82)70(19)50(31-38(4)5)54(77)34-44(15)53(76)35-45(16)61(81)71(20)51(32-39(6)7)65(85)72(21)52(33-40(8)9)66(86)73(22)56(42(12)13)67(87)75(58)24/h26,29,38-52,56-59,79H,27-28,30-37H2,1-25H3,(H,68,80)/b29-26+/t43-,44-,45+,46-,47+,48+,49-,50+,51+,52+,56+,57+,58?,59-/m1/s1. The van der Waals surface area contributed by atoms with Gasteiger partial charge in [-0.1, -0.05) is 123 Å². The van der Waals surface area contributed by atoms with Gasteiger partial charge in [0.25, 0.3) is 0 Å². The van der Waals surface area contributed by atoms with Gasteiger partial charge in [0.1, 0.15) is 42.0 Å². The fraction of sp³-hybridized carbons (Fsp3) is 0.806. The minimum Gasteiger partial charge on any atom is -0.390 e. The molecule has 0 bridgehead atoms. The van der Waals surface area contributed by atoms with Crippen LogP contribution in [0.25, 0.3) is 0 Å². The van der Waals surface area contributed by atoms with E-state index in [1.807, 2.05) is 54.5 Å². The van der Waals surface area contributed by atoms with Crippen molar-refractivity contribution >= 4 is 64.6 Å². The Morgan fingerprint density at radius 2 is 0.920 bits per heavy atom. The molecule has 1 aliphatic rings. The molecule has 21 nitrogen and oxygen atoms in total. The van der Waals surface area contributed by atoms with Gasteiger partial charge in [-0.15, -0.1) is 0 Å². The van der Waals surface area contributed by atoms with Crippen molar-refractivity contribution in [3.8, 4) is 0 Å². The first-order valence-corrected chi connectivity index (χ1v) is 32.3. The van der Waals surface area contributed by atoms with Crippen LogP contribution in [0.3, 0.4) is 0 Å². The van der Waals surface area contributed by atoms with E-state index in [9.17, 15) is 43.5 Å². The van der Waals surface area contributed by atoms with E-state index in [1.54, 1.807) is 75.3 Å². The highest BCUT2D eigenvalue weighted by Crippen LogP contribution is 2.30. The highest BCUT2D eigenvalue weighted by atomic mass is 16.5. The summed E-state index contributed by atoms with van der Waals surface area (Å²) in [6.07, 6.45) is 2.32. The average Bonchev–Trinajstić information content (AvgIpc) is 3.25. The number of hydrogen-bond acceptors (Lipinski definition) is 13. The van der Waals surface area contributed by atoms with Crippen molar-refractivity contribution < 1.29 is 62.6 Å². The van der Waals surface area contributed by atoms with Crippen LogP contribution in [0.2, 0.25) is 0 Å². The Morgan fingerprint density at radius 3 is 1.38 bits per heavy atom. The van der Waals surface area contributed by atoms with Gasteiger partial charge >= 0.3 is 0 Å². The number of carbonyl (C=O) groups is 11. The van der Waals surface area contributed by atoms with E-state index in [-0.39, 0.29) is 87.3 Å². The lowest BCUT2D eigenvalue weighted by Crippen LogP contribution is -2.64. The van der Waals surface area contributed by atoms with Crippen LogP contribution < -0.4 is 5.32 Å². The summed E-state index contributed by atoms with van der Waals surface area (Å²) in [6.45, 7) is 30.4. The number of ketones is 3. The third-order valence-corrected chi connectivity index (χ3v) is 17.9. The number of hydrogen-bond donors (Lipinski definition) is 2. The van der Waals surface area contributed by atoms with Gasteiger partial charge in [-0.05, 0) is 81.0 Å². The van der Waals surface area contributed by atoms with E-state index in [0.29, 0.717) is 6.42 Å². The zero-order chi connectivity index (χ0) is 68.3. The fourth-order valence-electron chi connectivity index (χ4n) is 12.3. The van der Waals surface area contributed by atoms with E-state index in [4.69, 9.17) is 4.74 Å². The maximum Gasteiger partial charge on any atom is 0.246 e. The number of allylic oxidation sites excluding steroid dienone is 2. The second-order valence-electron chi connectivity index (χ2n) is 27.4. The number of carbonyl (C=O) groups excluding carboxylic acids is 11. The largest absolute Gasteiger partial charge is 0.390 e. The maximum absolute atomic E-state index is 15.2. The van der Waals surface area contributed by atoms with Crippen molar-refractivity contribution in [3.05, 3.63) is 12.2 Å². The molecule has 0 aromatic carbocycles. The van der Waals surface area contributed by atoms with E-state index >= 15 is 14.4 Å². The number of methoxy groups -OCH3 is 1. The maximum atomic E-state index is 15.2. The topological polar surface area (TPSA) is 252 Å². The van der Waals surface area contributed by atoms with Crippen LogP contribution in [0, 0.1) is 59.2 Å². The lowest BCUT2D eigenvalue weighted by molar-refractivity contribution is -0.157. The van der Waals surface area contributed by atoms with Crippen LogP contribution in [0.1, 0.15) is 175 Å². The summed E-state index contributed by atoms with van der Waals surface area (Å²) in [7, 11) is 11.7. The van der Waals surface area contributed by atoms with E-state index in [0.717, 1.165) is 4.90 Å². The van der Waals surface area contributed by atoms with Crippen LogP contribution in [0.15, 0.2) is 12.2 Å². The molecule has 1 unspecified atom stereocenters. The Balaban J connectivity index is 4.45. The lowest BCUT2D eigenvalue weighted by Gasteiger charge is -2.41. The molecule has 21 heteroatoms. The molecule has 0 aromatic rings. The summed E-state index contributed by atoms with van der Waals surface area (Å²) in [5.74, 6) is -11.4. The van der Waals surface area contributed by atoms with Gasteiger partial charge in [0.05, 0.1) is 24.8 Å². The molecule has 1 heterocycles. The van der Waals surface area contributed by atoms with Gasteiger partial charge in [-0.25, -0.2) is 0 Å². The number of nitrogens with zero attached hydrogens (tertiary/aromatic N) is 7. The Labute approximate surface area is 529 Å².